The summed E-state index contributed by atoms with van der Waals surface area (Å²) in [6.07, 6.45) is 0. The molecule has 2 aromatic rings. The van der Waals surface area contributed by atoms with Crippen molar-refractivity contribution in [3.8, 4) is 0 Å². The van der Waals surface area contributed by atoms with Crippen LogP contribution in [0.15, 0.2) is 24.3 Å². The third kappa shape index (κ3) is 3.19. The van der Waals surface area contributed by atoms with Gasteiger partial charge in [-0.15, -0.1) is 11.3 Å². The molecule has 0 spiro atoms. The van der Waals surface area contributed by atoms with Crippen molar-refractivity contribution < 1.29 is 0 Å². The van der Waals surface area contributed by atoms with Crippen molar-refractivity contribution in [1.29, 1.82) is 0 Å². The summed E-state index contributed by atoms with van der Waals surface area (Å²) in [6, 6.07) is 8.83. The molecule has 0 radical (unpaired) electrons. The molecule has 0 aliphatic rings. The molecule has 0 aliphatic heterocycles. The number of rotatable bonds is 4. The fourth-order valence-electron chi connectivity index (χ4n) is 2.30. The van der Waals surface area contributed by atoms with Crippen molar-refractivity contribution in [2.24, 2.45) is 0 Å². The van der Waals surface area contributed by atoms with Crippen molar-refractivity contribution in [2.45, 2.75) is 33.7 Å². The average molecular weight is 294 g/mol. The van der Waals surface area contributed by atoms with Gasteiger partial charge in [-0.2, -0.15) is 0 Å². The zero-order valence-corrected chi connectivity index (χ0v) is 13.5. The van der Waals surface area contributed by atoms with Gasteiger partial charge in [0.25, 0.3) is 0 Å². The topological polar surface area (TPSA) is 12.0 Å². The third-order valence-corrected chi connectivity index (χ3v) is 4.90. The number of aryl methyl sites for hydroxylation is 3. The van der Waals surface area contributed by atoms with E-state index in [-0.39, 0.29) is 6.04 Å². The first-order valence-electron chi connectivity index (χ1n) is 6.59. The Morgan fingerprint density at radius 2 is 1.89 bits per heavy atom. The van der Waals surface area contributed by atoms with Gasteiger partial charge < -0.3 is 5.32 Å². The minimum Gasteiger partial charge on any atom is -0.306 e. The lowest BCUT2D eigenvalue weighted by Gasteiger charge is -2.19. The lowest BCUT2D eigenvalue weighted by atomic mass is 10.0. The second-order valence-corrected chi connectivity index (χ2v) is 6.60. The van der Waals surface area contributed by atoms with Gasteiger partial charge in [0, 0.05) is 14.8 Å². The molecule has 0 amide bonds. The van der Waals surface area contributed by atoms with Gasteiger partial charge in [0.2, 0.25) is 0 Å². The average Bonchev–Trinajstić information content (AvgIpc) is 2.69. The van der Waals surface area contributed by atoms with Gasteiger partial charge in [-0.1, -0.05) is 30.7 Å². The fourth-order valence-corrected chi connectivity index (χ4v) is 3.63. The molecular formula is C16H20ClNS. The maximum atomic E-state index is 6.27. The van der Waals surface area contributed by atoms with Gasteiger partial charge >= 0.3 is 0 Å². The summed E-state index contributed by atoms with van der Waals surface area (Å²) in [5.74, 6) is 0. The molecule has 1 heterocycles. The molecule has 3 heteroatoms. The Kier molecular flexibility index (Phi) is 4.67. The number of hydrogen-bond donors (Lipinski definition) is 1. The quantitative estimate of drug-likeness (QED) is 0.834. The van der Waals surface area contributed by atoms with Crippen LogP contribution in [-0.2, 0) is 0 Å². The van der Waals surface area contributed by atoms with Crippen molar-refractivity contribution in [3.05, 3.63) is 55.7 Å². The van der Waals surface area contributed by atoms with Crippen molar-refractivity contribution >= 4 is 22.9 Å². The molecule has 1 aromatic heterocycles. The van der Waals surface area contributed by atoms with Gasteiger partial charge in [0.15, 0.2) is 0 Å². The van der Waals surface area contributed by atoms with Gasteiger partial charge in [-0.05, 0) is 56.1 Å². The second-order valence-electron chi connectivity index (χ2n) is 4.90. The molecule has 0 saturated heterocycles. The summed E-state index contributed by atoms with van der Waals surface area (Å²) < 4.78 is 0. The SMILES string of the molecule is CCNC(c1ccc(C)c(Cl)c1)c1sc(C)cc1C. The predicted octanol–water partition coefficient (Wildman–Crippen LogP) is 5.03. The standard InChI is InChI=1S/C16H20ClNS/c1-5-18-15(16-11(3)8-12(4)19-16)13-7-6-10(2)14(17)9-13/h6-9,15,18H,5H2,1-4H3. The van der Waals surface area contributed by atoms with Crippen molar-refractivity contribution in [1.82, 2.24) is 5.32 Å². The Hall–Kier alpha value is -0.830. The van der Waals surface area contributed by atoms with E-state index in [0.717, 1.165) is 17.1 Å². The van der Waals surface area contributed by atoms with E-state index >= 15 is 0 Å². The molecule has 102 valence electrons. The highest BCUT2D eigenvalue weighted by Gasteiger charge is 2.18. The van der Waals surface area contributed by atoms with Crippen LogP contribution in [0.25, 0.3) is 0 Å². The Balaban J connectivity index is 2.44. The summed E-state index contributed by atoms with van der Waals surface area (Å²) in [5.41, 5.74) is 3.72. The minimum atomic E-state index is 0.238. The Morgan fingerprint density at radius 3 is 2.42 bits per heavy atom. The number of hydrogen-bond acceptors (Lipinski definition) is 2. The minimum absolute atomic E-state index is 0.238. The normalized spacial score (nSPS) is 12.7. The second kappa shape index (κ2) is 6.08. The fraction of sp³-hybridized carbons (Fsp3) is 0.375. The lowest BCUT2D eigenvalue weighted by Crippen LogP contribution is -2.21. The van der Waals surface area contributed by atoms with E-state index < -0.39 is 0 Å². The Morgan fingerprint density at radius 1 is 1.16 bits per heavy atom. The van der Waals surface area contributed by atoms with Crippen LogP contribution >= 0.6 is 22.9 Å². The summed E-state index contributed by atoms with van der Waals surface area (Å²) in [7, 11) is 0. The Labute approximate surface area is 124 Å². The Bertz CT molecular complexity index is 574. The van der Waals surface area contributed by atoms with Crippen LogP contribution in [0.2, 0.25) is 5.02 Å². The van der Waals surface area contributed by atoms with E-state index in [4.69, 9.17) is 11.6 Å². The number of nitrogens with one attached hydrogen (secondary N) is 1. The molecule has 0 saturated carbocycles. The van der Waals surface area contributed by atoms with Gasteiger partial charge in [0.05, 0.1) is 6.04 Å². The first kappa shape index (κ1) is 14.6. The highest BCUT2D eigenvalue weighted by atomic mass is 35.5. The van der Waals surface area contributed by atoms with Crippen LogP contribution in [-0.4, -0.2) is 6.54 Å². The highest BCUT2D eigenvalue weighted by molar-refractivity contribution is 7.12. The number of benzene rings is 1. The highest BCUT2D eigenvalue weighted by Crippen LogP contribution is 2.33. The summed E-state index contributed by atoms with van der Waals surface area (Å²) >= 11 is 8.13. The van der Waals surface area contributed by atoms with E-state index in [1.54, 1.807) is 0 Å². The van der Waals surface area contributed by atoms with Crippen LogP contribution in [0.3, 0.4) is 0 Å². The lowest BCUT2D eigenvalue weighted by molar-refractivity contribution is 0.637. The van der Waals surface area contributed by atoms with E-state index in [0.29, 0.717) is 0 Å². The van der Waals surface area contributed by atoms with E-state index in [1.165, 1.54) is 20.9 Å². The van der Waals surface area contributed by atoms with Gasteiger partial charge in [-0.25, -0.2) is 0 Å². The van der Waals surface area contributed by atoms with Crippen LogP contribution in [0, 0.1) is 20.8 Å². The van der Waals surface area contributed by atoms with Crippen LogP contribution in [0.5, 0.6) is 0 Å². The molecule has 1 atom stereocenters. The van der Waals surface area contributed by atoms with E-state index in [1.807, 2.05) is 18.3 Å². The molecule has 1 N–H and O–H groups in total. The first-order chi connectivity index (χ1) is 9.02. The molecular weight excluding hydrogens is 274 g/mol. The van der Waals surface area contributed by atoms with Gasteiger partial charge in [0.1, 0.15) is 0 Å². The van der Waals surface area contributed by atoms with Crippen LogP contribution in [0.1, 0.15) is 39.4 Å². The largest absolute Gasteiger partial charge is 0.306 e. The van der Waals surface area contributed by atoms with Gasteiger partial charge in [-0.3, -0.25) is 0 Å². The molecule has 1 unspecified atom stereocenters. The maximum absolute atomic E-state index is 6.27. The molecule has 19 heavy (non-hydrogen) atoms. The summed E-state index contributed by atoms with van der Waals surface area (Å²) in [5, 5.41) is 4.41. The molecule has 1 aromatic carbocycles. The van der Waals surface area contributed by atoms with Crippen LogP contribution < -0.4 is 5.32 Å². The maximum Gasteiger partial charge on any atom is 0.0674 e. The van der Waals surface area contributed by atoms with Crippen LogP contribution in [0.4, 0.5) is 0 Å². The third-order valence-electron chi connectivity index (χ3n) is 3.28. The van der Waals surface area contributed by atoms with E-state index in [2.05, 4.69) is 50.4 Å². The predicted molar refractivity (Wildman–Crippen MR) is 85.5 cm³/mol. The summed E-state index contributed by atoms with van der Waals surface area (Å²) in [4.78, 5) is 2.74. The molecule has 0 aliphatic carbocycles. The zero-order chi connectivity index (χ0) is 14.0. The summed E-state index contributed by atoms with van der Waals surface area (Å²) in [6.45, 7) is 9.45. The number of halogens is 1. The zero-order valence-electron chi connectivity index (χ0n) is 11.9. The molecule has 0 bridgehead atoms. The molecule has 1 nitrogen and oxygen atoms in total. The molecule has 2 rings (SSSR count). The first-order valence-corrected chi connectivity index (χ1v) is 7.78. The smallest absolute Gasteiger partial charge is 0.0674 e. The number of thiophene rings is 1. The van der Waals surface area contributed by atoms with Crippen molar-refractivity contribution in [3.63, 3.8) is 0 Å². The molecule has 0 fully saturated rings. The van der Waals surface area contributed by atoms with Crippen molar-refractivity contribution in [2.75, 3.05) is 6.54 Å². The van der Waals surface area contributed by atoms with E-state index in [9.17, 15) is 0 Å². The monoisotopic (exact) mass is 293 g/mol.